The molecule has 0 aromatic heterocycles. The van der Waals surface area contributed by atoms with Crippen molar-refractivity contribution in [1.29, 1.82) is 0 Å². The fourth-order valence-electron chi connectivity index (χ4n) is 3.88. The maximum absolute atomic E-state index is 12.6. The van der Waals surface area contributed by atoms with Crippen molar-refractivity contribution in [2.75, 3.05) is 39.3 Å². The van der Waals surface area contributed by atoms with Crippen molar-refractivity contribution in [2.24, 2.45) is 0 Å². The van der Waals surface area contributed by atoms with Gasteiger partial charge in [0.1, 0.15) is 0 Å². The molecule has 166 valence electrons. The highest BCUT2D eigenvalue weighted by Gasteiger charge is 2.30. The van der Waals surface area contributed by atoms with Crippen LogP contribution in [0.3, 0.4) is 0 Å². The van der Waals surface area contributed by atoms with Crippen LogP contribution in [0.15, 0.2) is 60.7 Å². The number of rotatable bonds is 8. The summed E-state index contributed by atoms with van der Waals surface area (Å²) in [7, 11) is 0. The van der Waals surface area contributed by atoms with Crippen LogP contribution in [0.4, 0.5) is 0 Å². The topological polar surface area (TPSA) is 61.9 Å². The Bertz CT molecular complexity index is 779. The average molecular weight is 424 g/mol. The number of amides is 2. The lowest BCUT2D eigenvalue weighted by Gasteiger charge is -2.39. The molecule has 0 saturated carbocycles. The SMILES string of the molecule is CC(C)OCCCNC(=O)C(=O)N1CCN(C(c2ccccc2)c2ccccc2)CC1. The van der Waals surface area contributed by atoms with Crippen molar-refractivity contribution in [1.82, 2.24) is 15.1 Å². The fraction of sp³-hybridized carbons (Fsp3) is 0.440. The van der Waals surface area contributed by atoms with Crippen molar-refractivity contribution in [2.45, 2.75) is 32.4 Å². The maximum Gasteiger partial charge on any atom is 0.311 e. The van der Waals surface area contributed by atoms with Crippen molar-refractivity contribution in [3.05, 3.63) is 71.8 Å². The van der Waals surface area contributed by atoms with E-state index < -0.39 is 11.8 Å². The summed E-state index contributed by atoms with van der Waals surface area (Å²) in [4.78, 5) is 28.8. The molecule has 3 rings (SSSR count). The average Bonchev–Trinajstić information content (AvgIpc) is 2.80. The minimum absolute atomic E-state index is 0.134. The number of nitrogens with zero attached hydrogens (tertiary/aromatic N) is 2. The van der Waals surface area contributed by atoms with Gasteiger partial charge in [0.05, 0.1) is 12.1 Å². The second kappa shape index (κ2) is 11.6. The van der Waals surface area contributed by atoms with E-state index in [1.807, 2.05) is 26.0 Å². The molecule has 0 spiro atoms. The maximum atomic E-state index is 12.6. The molecule has 0 radical (unpaired) electrons. The summed E-state index contributed by atoms with van der Waals surface area (Å²) in [5.74, 6) is -0.971. The first-order valence-corrected chi connectivity index (χ1v) is 11.1. The second-order valence-electron chi connectivity index (χ2n) is 8.08. The molecule has 6 nitrogen and oxygen atoms in total. The molecular formula is C25H33N3O3. The van der Waals surface area contributed by atoms with Crippen LogP contribution in [-0.2, 0) is 14.3 Å². The van der Waals surface area contributed by atoms with Gasteiger partial charge in [0, 0.05) is 39.3 Å². The van der Waals surface area contributed by atoms with E-state index in [-0.39, 0.29) is 12.1 Å². The molecule has 0 bridgehead atoms. The predicted octanol–water partition coefficient (Wildman–Crippen LogP) is 2.85. The lowest BCUT2D eigenvalue weighted by atomic mass is 9.96. The molecule has 1 heterocycles. The zero-order valence-corrected chi connectivity index (χ0v) is 18.5. The number of ether oxygens (including phenoxy) is 1. The molecule has 1 aliphatic heterocycles. The lowest BCUT2D eigenvalue weighted by Crippen LogP contribution is -2.53. The summed E-state index contributed by atoms with van der Waals surface area (Å²) in [5.41, 5.74) is 2.46. The number of carbonyl (C=O) groups excluding carboxylic acids is 2. The summed E-state index contributed by atoms with van der Waals surface area (Å²) in [6.07, 6.45) is 0.866. The predicted molar refractivity (Wildman–Crippen MR) is 122 cm³/mol. The minimum Gasteiger partial charge on any atom is -0.379 e. The first kappa shape index (κ1) is 23.0. The Labute approximate surface area is 185 Å². The third-order valence-electron chi connectivity index (χ3n) is 5.45. The quantitative estimate of drug-likeness (QED) is 0.524. The van der Waals surface area contributed by atoms with Gasteiger partial charge in [0.2, 0.25) is 0 Å². The van der Waals surface area contributed by atoms with Gasteiger partial charge in [-0.25, -0.2) is 0 Å². The molecule has 1 fully saturated rings. The van der Waals surface area contributed by atoms with E-state index in [1.54, 1.807) is 4.90 Å². The third-order valence-corrected chi connectivity index (χ3v) is 5.45. The standard InChI is InChI=1S/C25H33N3O3/c1-20(2)31-19-9-14-26-24(29)25(30)28-17-15-27(16-18-28)23(21-10-5-3-6-11-21)22-12-7-4-8-13-22/h3-8,10-13,20,23H,9,14-19H2,1-2H3,(H,26,29). The summed E-state index contributed by atoms with van der Waals surface area (Å²) < 4.78 is 5.46. The second-order valence-corrected chi connectivity index (χ2v) is 8.08. The van der Waals surface area contributed by atoms with E-state index in [9.17, 15) is 9.59 Å². The smallest absolute Gasteiger partial charge is 0.311 e. The largest absolute Gasteiger partial charge is 0.379 e. The fourth-order valence-corrected chi connectivity index (χ4v) is 3.88. The molecule has 2 amide bonds. The molecule has 1 N–H and O–H groups in total. The van der Waals surface area contributed by atoms with E-state index in [0.29, 0.717) is 32.7 Å². The van der Waals surface area contributed by atoms with Crippen molar-refractivity contribution < 1.29 is 14.3 Å². The molecular weight excluding hydrogens is 390 g/mol. The zero-order chi connectivity index (χ0) is 22.1. The number of nitrogens with one attached hydrogen (secondary N) is 1. The minimum atomic E-state index is -0.527. The normalized spacial score (nSPS) is 14.8. The Morgan fingerprint density at radius 1 is 0.903 bits per heavy atom. The Morgan fingerprint density at radius 3 is 1.97 bits per heavy atom. The summed E-state index contributed by atoms with van der Waals surface area (Å²) in [6, 6.07) is 21.0. The highest BCUT2D eigenvalue weighted by molar-refractivity contribution is 6.35. The van der Waals surface area contributed by atoms with Gasteiger partial charge in [0.15, 0.2) is 0 Å². The molecule has 0 atom stereocenters. The number of carbonyl (C=O) groups is 2. The van der Waals surface area contributed by atoms with Gasteiger partial charge in [-0.15, -0.1) is 0 Å². The van der Waals surface area contributed by atoms with Crippen LogP contribution in [0.5, 0.6) is 0 Å². The van der Waals surface area contributed by atoms with Crippen LogP contribution >= 0.6 is 0 Å². The van der Waals surface area contributed by atoms with Crippen LogP contribution < -0.4 is 5.32 Å². The summed E-state index contributed by atoms with van der Waals surface area (Å²) in [5, 5.41) is 2.72. The van der Waals surface area contributed by atoms with Gasteiger partial charge in [-0.2, -0.15) is 0 Å². The monoisotopic (exact) mass is 423 g/mol. The number of piperazine rings is 1. The van der Waals surface area contributed by atoms with Crippen LogP contribution in [-0.4, -0.2) is 67.0 Å². The first-order chi connectivity index (χ1) is 15.1. The molecule has 2 aromatic rings. The third kappa shape index (κ3) is 6.64. The van der Waals surface area contributed by atoms with E-state index in [1.165, 1.54) is 11.1 Å². The van der Waals surface area contributed by atoms with Gasteiger partial charge in [-0.05, 0) is 31.4 Å². The van der Waals surface area contributed by atoms with E-state index in [2.05, 4.69) is 58.7 Å². The molecule has 1 saturated heterocycles. The molecule has 6 heteroatoms. The van der Waals surface area contributed by atoms with Gasteiger partial charge < -0.3 is 15.0 Å². The highest BCUT2D eigenvalue weighted by atomic mass is 16.5. The van der Waals surface area contributed by atoms with Gasteiger partial charge in [-0.1, -0.05) is 60.7 Å². The molecule has 31 heavy (non-hydrogen) atoms. The Hall–Kier alpha value is -2.70. The van der Waals surface area contributed by atoms with Crippen LogP contribution in [0.1, 0.15) is 37.4 Å². The molecule has 2 aromatic carbocycles. The molecule has 0 aliphatic carbocycles. The van der Waals surface area contributed by atoms with Gasteiger partial charge in [0.25, 0.3) is 0 Å². The van der Waals surface area contributed by atoms with Crippen molar-refractivity contribution >= 4 is 11.8 Å². The van der Waals surface area contributed by atoms with Crippen molar-refractivity contribution in [3.63, 3.8) is 0 Å². The highest BCUT2D eigenvalue weighted by Crippen LogP contribution is 2.29. The van der Waals surface area contributed by atoms with E-state index in [4.69, 9.17) is 4.74 Å². The lowest BCUT2D eigenvalue weighted by molar-refractivity contribution is -0.147. The van der Waals surface area contributed by atoms with Crippen LogP contribution in [0, 0.1) is 0 Å². The zero-order valence-electron chi connectivity index (χ0n) is 18.5. The van der Waals surface area contributed by atoms with Gasteiger partial charge >= 0.3 is 11.8 Å². The van der Waals surface area contributed by atoms with Crippen LogP contribution in [0.25, 0.3) is 0 Å². The van der Waals surface area contributed by atoms with Gasteiger partial charge in [-0.3, -0.25) is 14.5 Å². The molecule has 1 aliphatic rings. The Morgan fingerprint density at radius 2 is 1.45 bits per heavy atom. The number of benzene rings is 2. The van der Waals surface area contributed by atoms with Crippen LogP contribution in [0.2, 0.25) is 0 Å². The Balaban J connectivity index is 1.54. The van der Waals surface area contributed by atoms with E-state index in [0.717, 1.165) is 13.1 Å². The molecule has 0 unspecified atom stereocenters. The Kier molecular flexibility index (Phi) is 8.62. The number of hydrogen-bond donors (Lipinski definition) is 1. The summed E-state index contributed by atoms with van der Waals surface area (Å²) in [6.45, 7) is 7.49. The number of hydrogen-bond acceptors (Lipinski definition) is 4. The first-order valence-electron chi connectivity index (χ1n) is 11.1. The summed E-state index contributed by atoms with van der Waals surface area (Å²) >= 11 is 0. The van der Waals surface area contributed by atoms with Crippen molar-refractivity contribution in [3.8, 4) is 0 Å². The van der Waals surface area contributed by atoms with E-state index >= 15 is 0 Å².